The number of para-hydroxylation sites is 2. The highest BCUT2D eigenvalue weighted by Crippen LogP contribution is 2.63. The number of anilines is 1. The first-order chi connectivity index (χ1) is 24.9. The third-order valence-electron chi connectivity index (χ3n) is 10.8. The van der Waals surface area contributed by atoms with Crippen LogP contribution in [0.25, 0.3) is 28.1 Å². The lowest BCUT2D eigenvalue weighted by Gasteiger charge is -2.34. The molecule has 268 valence electrons. The second kappa shape index (κ2) is 14.2. The summed E-state index contributed by atoms with van der Waals surface area (Å²) in [6.07, 6.45) is 5.30. The van der Waals surface area contributed by atoms with Gasteiger partial charge < -0.3 is 15.1 Å². The number of amides is 2. The molecule has 4 atom stereocenters. The summed E-state index contributed by atoms with van der Waals surface area (Å²) in [6, 6.07) is 30.3. The predicted octanol–water partition coefficient (Wildman–Crippen LogP) is 8.16. The van der Waals surface area contributed by atoms with E-state index in [1.807, 2.05) is 48.5 Å². The number of fused-ring (bicyclic) bond motifs is 3. The van der Waals surface area contributed by atoms with Crippen molar-refractivity contribution >= 4 is 44.3 Å². The Bertz CT molecular complexity index is 2210. The van der Waals surface area contributed by atoms with Crippen LogP contribution in [0, 0.1) is 23.2 Å². The standard InChI is InChI=1S/C42H43N3O6S/c1-26(2)38-32-20-21-42(38,3)35(25-32)29-14-12-28(13-15-29)34(24-27-8-10-30(11-9-27)39(46)43-22-23-52(48,49)50)40(47)44-33-18-16-31(17-19-33)41-45-36-6-4-5-7-37(36)51-41/h4-19,25-26,32,34,38H,20-24H2,1-3H3,(H,43,46)(H,44,47)(H,48,49,50)/t32?,34-,38?,42?/m1/s1. The molecule has 1 saturated carbocycles. The van der Waals surface area contributed by atoms with Gasteiger partial charge in [-0.05, 0) is 113 Å². The Morgan fingerprint density at radius 2 is 1.63 bits per heavy atom. The quantitative estimate of drug-likeness (QED) is 0.111. The van der Waals surface area contributed by atoms with Crippen molar-refractivity contribution in [2.75, 3.05) is 17.6 Å². The van der Waals surface area contributed by atoms with Gasteiger partial charge in [-0.15, -0.1) is 0 Å². The van der Waals surface area contributed by atoms with Gasteiger partial charge in [0.05, 0.1) is 11.7 Å². The number of carbonyl (C=O) groups excluding carboxylic acids is 2. The zero-order valence-corrected chi connectivity index (χ0v) is 30.3. The van der Waals surface area contributed by atoms with Crippen LogP contribution in [0.5, 0.6) is 0 Å². The average Bonchev–Trinajstić information content (AvgIpc) is 3.79. The highest BCUT2D eigenvalue weighted by molar-refractivity contribution is 7.85. The number of allylic oxidation sites excluding steroid dienone is 2. The van der Waals surface area contributed by atoms with Crippen LogP contribution in [0.2, 0.25) is 0 Å². The maximum atomic E-state index is 14.1. The molecule has 10 heteroatoms. The van der Waals surface area contributed by atoms with Gasteiger partial charge in [-0.25, -0.2) is 4.98 Å². The Labute approximate surface area is 304 Å². The number of oxazole rings is 1. The maximum Gasteiger partial charge on any atom is 0.266 e. The van der Waals surface area contributed by atoms with Gasteiger partial charge in [-0.2, -0.15) is 8.42 Å². The van der Waals surface area contributed by atoms with E-state index in [4.69, 9.17) is 8.97 Å². The summed E-state index contributed by atoms with van der Waals surface area (Å²) in [5.74, 6) is 0.644. The molecule has 0 aliphatic heterocycles. The lowest BCUT2D eigenvalue weighted by atomic mass is 9.70. The summed E-state index contributed by atoms with van der Waals surface area (Å²) in [4.78, 5) is 31.2. The van der Waals surface area contributed by atoms with Gasteiger partial charge in [0.25, 0.3) is 16.0 Å². The van der Waals surface area contributed by atoms with Crippen LogP contribution in [0.3, 0.4) is 0 Å². The first-order valence-corrected chi connectivity index (χ1v) is 19.4. The van der Waals surface area contributed by atoms with Crippen LogP contribution in [0.4, 0.5) is 5.69 Å². The van der Waals surface area contributed by atoms with Gasteiger partial charge in [-0.3, -0.25) is 14.1 Å². The van der Waals surface area contributed by atoms with E-state index < -0.39 is 27.7 Å². The highest BCUT2D eigenvalue weighted by Gasteiger charge is 2.52. The molecule has 3 unspecified atom stereocenters. The Morgan fingerprint density at radius 1 is 0.942 bits per heavy atom. The molecule has 1 fully saturated rings. The summed E-state index contributed by atoms with van der Waals surface area (Å²) in [5, 5.41) is 5.61. The molecule has 2 bridgehead atoms. The average molecular weight is 718 g/mol. The molecule has 1 heterocycles. The number of hydrogen-bond donors (Lipinski definition) is 3. The van der Waals surface area contributed by atoms with E-state index in [0.717, 1.165) is 22.2 Å². The first kappa shape index (κ1) is 35.3. The number of benzene rings is 4. The van der Waals surface area contributed by atoms with E-state index in [0.29, 0.717) is 46.9 Å². The molecule has 2 aliphatic rings. The Balaban J connectivity index is 1.11. The van der Waals surface area contributed by atoms with Crippen molar-refractivity contribution in [2.24, 2.45) is 23.2 Å². The molecule has 52 heavy (non-hydrogen) atoms. The molecule has 0 radical (unpaired) electrons. The lowest BCUT2D eigenvalue weighted by molar-refractivity contribution is -0.117. The maximum absolute atomic E-state index is 14.1. The normalized spacial score (nSPS) is 20.2. The third kappa shape index (κ3) is 7.31. The van der Waals surface area contributed by atoms with E-state index in [-0.39, 0.29) is 17.9 Å². The molecule has 4 aromatic carbocycles. The molecule has 9 nitrogen and oxygen atoms in total. The van der Waals surface area contributed by atoms with Gasteiger partial charge in [0, 0.05) is 23.4 Å². The van der Waals surface area contributed by atoms with Gasteiger partial charge in [-0.1, -0.05) is 75.4 Å². The summed E-state index contributed by atoms with van der Waals surface area (Å²) in [6.45, 7) is 6.87. The molecule has 2 amide bonds. The number of aromatic nitrogens is 1. The van der Waals surface area contributed by atoms with E-state index in [9.17, 15) is 18.0 Å². The predicted molar refractivity (Wildman–Crippen MR) is 203 cm³/mol. The monoisotopic (exact) mass is 717 g/mol. The lowest BCUT2D eigenvalue weighted by Crippen LogP contribution is -2.28. The van der Waals surface area contributed by atoms with Gasteiger partial charge >= 0.3 is 0 Å². The molecule has 3 N–H and O–H groups in total. The zero-order valence-electron chi connectivity index (χ0n) is 29.5. The molecule has 2 aliphatic carbocycles. The van der Waals surface area contributed by atoms with Crippen LogP contribution in [0.1, 0.15) is 66.6 Å². The van der Waals surface area contributed by atoms with E-state index >= 15 is 0 Å². The number of carbonyl (C=O) groups is 2. The first-order valence-electron chi connectivity index (χ1n) is 17.8. The topological polar surface area (TPSA) is 139 Å². The van der Waals surface area contributed by atoms with E-state index in [1.165, 1.54) is 24.0 Å². The minimum atomic E-state index is -4.18. The largest absolute Gasteiger partial charge is 0.436 e. The summed E-state index contributed by atoms with van der Waals surface area (Å²) in [7, 11) is -4.18. The van der Waals surface area contributed by atoms with Crippen molar-refractivity contribution < 1.29 is 27.0 Å². The van der Waals surface area contributed by atoms with Crippen molar-refractivity contribution in [1.82, 2.24) is 10.3 Å². The van der Waals surface area contributed by atoms with Crippen LogP contribution in [0.15, 0.2) is 108 Å². The summed E-state index contributed by atoms with van der Waals surface area (Å²) in [5.41, 5.74) is 7.78. The number of hydrogen-bond acceptors (Lipinski definition) is 6. The second-order valence-electron chi connectivity index (χ2n) is 14.6. The van der Waals surface area contributed by atoms with Crippen LogP contribution < -0.4 is 10.6 Å². The molecule has 7 rings (SSSR count). The SMILES string of the molecule is CC(C)C1C2C=C(c3ccc([C@@H](Cc4ccc(C(=O)NCCS(=O)(=O)O)cc4)C(=O)Nc4ccc(-c5nc6ccccc6o5)cc4)cc3)C1(C)CC2. The van der Waals surface area contributed by atoms with Gasteiger partial charge in [0.2, 0.25) is 11.8 Å². The number of rotatable bonds is 12. The third-order valence-corrected chi connectivity index (χ3v) is 11.6. The van der Waals surface area contributed by atoms with Gasteiger partial charge in [0.15, 0.2) is 5.58 Å². The van der Waals surface area contributed by atoms with E-state index in [1.54, 1.807) is 24.3 Å². The molecule has 0 spiro atoms. The molecule has 0 saturated heterocycles. The smallest absolute Gasteiger partial charge is 0.266 e. The molecular weight excluding hydrogens is 675 g/mol. The fourth-order valence-corrected chi connectivity index (χ4v) is 8.81. The van der Waals surface area contributed by atoms with Crippen LogP contribution >= 0.6 is 0 Å². The van der Waals surface area contributed by atoms with E-state index in [2.05, 4.69) is 66.7 Å². The Hall–Kier alpha value is -5.06. The second-order valence-corrected chi connectivity index (χ2v) is 16.2. The fraction of sp³-hybridized carbons (Fsp3) is 0.310. The highest BCUT2D eigenvalue weighted by atomic mass is 32.2. The molecule has 1 aromatic heterocycles. The number of nitrogens with zero attached hydrogens (tertiary/aromatic N) is 1. The van der Waals surface area contributed by atoms with Crippen molar-refractivity contribution in [3.05, 3.63) is 125 Å². The minimum absolute atomic E-state index is 0.154. The Kier molecular flexibility index (Phi) is 9.63. The summed E-state index contributed by atoms with van der Waals surface area (Å²) >= 11 is 0. The van der Waals surface area contributed by atoms with Crippen LogP contribution in [-0.2, 0) is 21.3 Å². The molecule has 5 aromatic rings. The van der Waals surface area contributed by atoms with Crippen molar-refractivity contribution in [2.45, 2.75) is 46.0 Å². The van der Waals surface area contributed by atoms with Crippen molar-refractivity contribution in [1.29, 1.82) is 0 Å². The Morgan fingerprint density at radius 3 is 2.29 bits per heavy atom. The fourth-order valence-electron chi connectivity index (χ4n) is 8.45. The minimum Gasteiger partial charge on any atom is -0.436 e. The molecular formula is C42H43N3O6S. The zero-order chi connectivity index (χ0) is 36.6. The van der Waals surface area contributed by atoms with Crippen molar-refractivity contribution in [3.8, 4) is 11.5 Å². The van der Waals surface area contributed by atoms with Crippen LogP contribution in [-0.4, -0.2) is 42.1 Å². The van der Waals surface area contributed by atoms with Gasteiger partial charge in [0.1, 0.15) is 5.52 Å². The number of nitrogens with one attached hydrogen (secondary N) is 2. The summed E-state index contributed by atoms with van der Waals surface area (Å²) < 4.78 is 36.9. The van der Waals surface area contributed by atoms with Crippen molar-refractivity contribution in [3.63, 3.8) is 0 Å².